The van der Waals surface area contributed by atoms with Crippen molar-refractivity contribution in [2.24, 2.45) is 0 Å². The number of amides is 3. The fraction of sp³-hybridized carbons (Fsp3) is 0.440. The number of nitrogens with one attached hydrogen (secondary N) is 1. The van der Waals surface area contributed by atoms with Crippen molar-refractivity contribution in [2.75, 3.05) is 26.7 Å². The summed E-state index contributed by atoms with van der Waals surface area (Å²) in [7, 11) is 1.64. The van der Waals surface area contributed by atoms with Gasteiger partial charge in [0.1, 0.15) is 12.9 Å². The third-order valence-electron chi connectivity index (χ3n) is 6.95. The maximum atomic E-state index is 12.4. The van der Waals surface area contributed by atoms with Gasteiger partial charge < -0.3 is 10.2 Å². The van der Waals surface area contributed by atoms with E-state index in [1.165, 1.54) is 26.7 Å². The number of rotatable bonds is 5. The molecule has 2 aliphatic rings. The lowest BCUT2D eigenvalue weighted by Crippen LogP contribution is -2.54. The molecule has 5 rings (SSSR count). The van der Waals surface area contributed by atoms with E-state index < -0.39 is 0 Å². The third-order valence-corrected chi connectivity index (χ3v) is 8.29. The van der Waals surface area contributed by atoms with Gasteiger partial charge in [0.2, 0.25) is 0 Å². The first-order valence-electron chi connectivity index (χ1n) is 11.8. The second-order valence-corrected chi connectivity index (χ2v) is 11.1. The van der Waals surface area contributed by atoms with Crippen LogP contribution in [0.2, 0.25) is 5.02 Å². The van der Waals surface area contributed by atoms with Crippen LogP contribution in [0.4, 0.5) is 4.79 Å². The number of aryl methyl sites for hydroxylation is 1. The Morgan fingerprint density at radius 2 is 1.86 bits per heavy atom. The van der Waals surface area contributed by atoms with Crippen molar-refractivity contribution in [3.63, 3.8) is 0 Å². The van der Waals surface area contributed by atoms with Gasteiger partial charge in [-0.15, -0.1) is 11.3 Å². The van der Waals surface area contributed by atoms with Crippen molar-refractivity contribution in [3.8, 4) is 11.3 Å². The molecular weight excluding hydrogens is 484 g/mol. The molecule has 2 atom stereocenters. The standard InChI is InChI=1S/C25H29ClN6O2S/c1-14-5-17(26)6-19(20(14)11-31-15(2)8-27-9-16(31)3)23-24-21(28-13-29-23)7-18(35-24)10-32-22(33)12-30(4)25(32)34/h5-7,13,15-16,27H,8-12H2,1-4H3/t15-,16-/m0/s1. The highest BCUT2D eigenvalue weighted by molar-refractivity contribution is 7.19. The van der Waals surface area contributed by atoms with Crippen molar-refractivity contribution >= 4 is 45.1 Å². The number of carbonyl (C=O) groups is 2. The van der Waals surface area contributed by atoms with Gasteiger partial charge >= 0.3 is 6.03 Å². The van der Waals surface area contributed by atoms with Gasteiger partial charge in [0.15, 0.2) is 0 Å². The van der Waals surface area contributed by atoms with Crippen LogP contribution < -0.4 is 5.32 Å². The van der Waals surface area contributed by atoms with Crippen molar-refractivity contribution in [1.29, 1.82) is 0 Å². The Labute approximate surface area is 213 Å². The Morgan fingerprint density at radius 3 is 2.54 bits per heavy atom. The number of halogens is 1. The van der Waals surface area contributed by atoms with E-state index in [1.807, 2.05) is 18.2 Å². The number of imide groups is 1. The van der Waals surface area contributed by atoms with Crippen molar-refractivity contribution in [2.45, 2.75) is 45.9 Å². The number of piperazine rings is 1. The molecule has 0 aliphatic carbocycles. The van der Waals surface area contributed by atoms with Gasteiger partial charge in [0.25, 0.3) is 5.91 Å². The number of fused-ring (bicyclic) bond motifs is 1. The monoisotopic (exact) mass is 512 g/mol. The van der Waals surface area contributed by atoms with Crippen molar-refractivity contribution in [1.82, 2.24) is 30.0 Å². The number of nitrogens with zero attached hydrogens (tertiary/aromatic N) is 5. The van der Waals surface area contributed by atoms with Crippen LogP contribution in [0, 0.1) is 6.92 Å². The average Bonchev–Trinajstić information content (AvgIpc) is 3.32. The summed E-state index contributed by atoms with van der Waals surface area (Å²) in [6.07, 6.45) is 1.57. The van der Waals surface area contributed by atoms with E-state index in [4.69, 9.17) is 16.6 Å². The maximum absolute atomic E-state index is 12.4. The van der Waals surface area contributed by atoms with Crippen LogP contribution in [0.5, 0.6) is 0 Å². The predicted octanol–water partition coefficient (Wildman–Crippen LogP) is 3.90. The minimum Gasteiger partial charge on any atom is -0.318 e. The first kappa shape index (κ1) is 24.1. The van der Waals surface area contributed by atoms with Crippen LogP contribution >= 0.6 is 22.9 Å². The molecular formula is C25H29ClN6O2S. The number of aromatic nitrogens is 2. The lowest BCUT2D eigenvalue weighted by molar-refractivity contribution is -0.125. The fourth-order valence-corrected chi connectivity index (χ4v) is 6.39. The Kier molecular flexibility index (Phi) is 6.52. The molecule has 10 heteroatoms. The largest absolute Gasteiger partial charge is 0.327 e. The normalized spacial score (nSPS) is 21.5. The average molecular weight is 513 g/mol. The van der Waals surface area contributed by atoms with Gasteiger partial charge in [-0.05, 0) is 50.1 Å². The molecule has 0 bridgehead atoms. The summed E-state index contributed by atoms with van der Waals surface area (Å²) in [5, 5.41) is 4.17. The van der Waals surface area contributed by atoms with E-state index in [9.17, 15) is 9.59 Å². The summed E-state index contributed by atoms with van der Waals surface area (Å²) in [5.41, 5.74) is 4.97. The molecule has 1 N–H and O–H groups in total. The van der Waals surface area contributed by atoms with Crippen LogP contribution in [0.1, 0.15) is 29.9 Å². The first-order valence-corrected chi connectivity index (χ1v) is 13.0. The van der Waals surface area contributed by atoms with Crippen LogP contribution in [0.25, 0.3) is 21.5 Å². The van der Waals surface area contributed by atoms with Gasteiger partial charge in [-0.2, -0.15) is 0 Å². The summed E-state index contributed by atoms with van der Waals surface area (Å²) in [5.74, 6) is -0.187. The van der Waals surface area contributed by atoms with E-state index >= 15 is 0 Å². The zero-order valence-electron chi connectivity index (χ0n) is 20.3. The number of thiophene rings is 1. The summed E-state index contributed by atoms with van der Waals surface area (Å²) in [6, 6.07) is 6.50. The predicted molar refractivity (Wildman–Crippen MR) is 139 cm³/mol. The third kappa shape index (κ3) is 4.53. The van der Waals surface area contributed by atoms with E-state index in [2.05, 4.69) is 36.0 Å². The van der Waals surface area contributed by atoms with Crippen LogP contribution in [-0.4, -0.2) is 75.4 Å². The molecule has 2 fully saturated rings. The summed E-state index contributed by atoms with van der Waals surface area (Å²) in [6.45, 7) is 9.67. The van der Waals surface area contributed by atoms with Gasteiger partial charge in [-0.1, -0.05) is 11.6 Å². The molecule has 0 unspecified atom stereocenters. The van der Waals surface area contributed by atoms with Crippen molar-refractivity contribution < 1.29 is 9.59 Å². The number of urea groups is 1. The second kappa shape index (κ2) is 9.46. The first-order chi connectivity index (χ1) is 16.7. The molecule has 2 saturated heterocycles. The minimum absolute atomic E-state index is 0.114. The van der Waals surface area contributed by atoms with E-state index in [-0.39, 0.29) is 25.0 Å². The number of carbonyl (C=O) groups excluding carboxylic acids is 2. The van der Waals surface area contributed by atoms with Crippen LogP contribution in [-0.2, 0) is 17.9 Å². The highest BCUT2D eigenvalue weighted by Crippen LogP contribution is 2.38. The molecule has 3 aromatic rings. The Bertz CT molecular complexity index is 1300. The fourth-order valence-electron chi connectivity index (χ4n) is 5.01. The summed E-state index contributed by atoms with van der Waals surface area (Å²) >= 11 is 8.06. The van der Waals surface area contributed by atoms with Gasteiger partial charge in [0.05, 0.1) is 22.5 Å². The van der Waals surface area contributed by atoms with Crippen molar-refractivity contribution in [3.05, 3.63) is 45.6 Å². The van der Waals surface area contributed by atoms with Gasteiger partial charge in [-0.25, -0.2) is 14.8 Å². The van der Waals surface area contributed by atoms with E-state index in [1.54, 1.807) is 13.4 Å². The quantitative estimate of drug-likeness (QED) is 0.522. The van der Waals surface area contributed by atoms with Gasteiger partial charge in [-0.3, -0.25) is 14.6 Å². The molecule has 2 aromatic heterocycles. The number of hydrogen-bond donors (Lipinski definition) is 1. The number of hydrogen-bond acceptors (Lipinski definition) is 7. The lowest BCUT2D eigenvalue weighted by Gasteiger charge is -2.40. The minimum atomic E-state index is -0.272. The molecule has 2 aliphatic heterocycles. The summed E-state index contributed by atoms with van der Waals surface area (Å²) < 4.78 is 0.930. The van der Waals surface area contributed by atoms with Gasteiger partial charge in [0, 0.05) is 54.2 Å². The Morgan fingerprint density at radius 1 is 1.11 bits per heavy atom. The second-order valence-electron chi connectivity index (χ2n) is 9.55. The van der Waals surface area contributed by atoms with Crippen LogP contribution in [0.3, 0.4) is 0 Å². The highest BCUT2D eigenvalue weighted by atomic mass is 35.5. The molecule has 0 saturated carbocycles. The smallest absolute Gasteiger partial charge is 0.318 e. The molecule has 35 heavy (non-hydrogen) atoms. The van der Waals surface area contributed by atoms with E-state index in [0.717, 1.165) is 51.5 Å². The zero-order valence-corrected chi connectivity index (χ0v) is 21.9. The molecule has 3 amide bonds. The lowest BCUT2D eigenvalue weighted by atomic mass is 9.96. The van der Waals surface area contributed by atoms with E-state index in [0.29, 0.717) is 17.1 Å². The SMILES string of the molecule is Cc1cc(Cl)cc(-c2ncnc3cc(CN4C(=O)CN(C)C4=O)sc23)c1CN1[C@@H](C)CNC[C@@H]1C. The summed E-state index contributed by atoms with van der Waals surface area (Å²) in [4.78, 5) is 40.0. The number of benzene rings is 1. The molecule has 8 nitrogen and oxygen atoms in total. The maximum Gasteiger partial charge on any atom is 0.327 e. The molecule has 0 radical (unpaired) electrons. The topological polar surface area (TPSA) is 81.7 Å². The molecule has 4 heterocycles. The molecule has 0 spiro atoms. The Hall–Kier alpha value is -2.59. The molecule has 184 valence electrons. The van der Waals surface area contributed by atoms with Crippen LogP contribution in [0.15, 0.2) is 24.5 Å². The molecule has 1 aromatic carbocycles. The number of likely N-dealkylation sites (N-methyl/N-ethyl adjacent to an activating group) is 1. The Balaban J connectivity index is 1.55. The highest BCUT2D eigenvalue weighted by Gasteiger charge is 2.34. The zero-order chi connectivity index (χ0) is 24.9.